The third-order valence-electron chi connectivity index (χ3n) is 11.7. The minimum absolute atomic E-state index is 0.0840. The van der Waals surface area contributed by atoms with Gasteiger partial charge in [-0.25, -0.2) is 19.7 Å². The van der Waals surface area contributed by atoms with Crippen LogP contribution in [0.3, 0.4) is 0 Å². The minimum atomic E-state index is -1.06. The van der Waals surface area contributed by atoms with Crippen molar-refractivity contribution in [3.8, 4) is 23.0 Å². The van der Waals surface area contributed by atoms with Gasteiger partial charge in [0, 0.05) is 60.8 Å². The first-order chi connectivity index (χ1) is 33.3. The molecule has 0 bridgehead atoms. The summed E-state index contributed by atoms with van der Waals surface area (Å²) in [6.07, 6.45) is 5.00. The Bertz CT molecular complexity index is 3190. The summed E-state index contributed by atoms with van der Waals surface area (Å²) in [6.45, 7) is 14.1. The molecule has 0 saturated heterocycles. The molecule has 4 amide bonds. The smallest absolute Gasteiger partial charge is 0.407 e. The van der Waals surface area contributed by atoms with Crippen molar-refractivity contribution >= 4 is 68.7 Å². The average molecular weight is 960 g/mol. The van der Waals surface area contributed by atoms with Crippen molar-refractivity contribution in [1.29, 1.82) is 0 Å². The lowest BCUT2D eigenvalue weighted by Crippen LogP contribution is -2.35. The molecule has 0 spiro atoms. The molecule has 2 aromatic carbocycles. The van der Waals surface area contributed by atoms with E-state index in [1.165, 1.54) is 19.2 Å². The predicted molar refractivity (Wildman–Crippen MR) is 260 cm³/mol. The summed E-state index contributed by atoms with van der Waals surface area (Å²) in [4.78, 5) is 77.7. The molecule has 70 heavy (non-hydrogen) atoms. The number of carboxylic acid groups (broad SMARTS) is 1. The second-order valence-corrected chi connectivity index (χ2v) is 17.6. The zero-order valence-electron chi connectivity index (χ0n) is 40.3. The number of nitrogens with zero attached hydrogens (tertiary/aromatic N) is 9. The van der Waals surface area contributed by atoms with Crippen molar-refractivity contribution in [2.45, 2.75) is 81.1 Å². The van der Waals surface area contributed by atoms with Crippen molar-refractivity contribution in [2.24, 2.45) is 22.8 Å². The summed E-state index contributed by atoms with van der Waals surface area (Å²) < 4.78 is 24.4. The molecule has 1 atom stereocenters. The van der Waals surface area contributed by atoms with Crippen LogP contribution in [0.1, 0.15) is 83.6 Å². The van der Waals surface area contributed by atoms with E-state index < -0.39 is 41.1 Å². The number of allylic oxidation sites excluding steroid dienone is 2. The first kappa shape index (κ1) is 49.6. The monoisotopic (exact) mass is 959 g/mol. The fourth-order valence-corrected chi connectivity index (χ4v) is 8.13. The zero-order chi connectivity index (χ0) is 50.6. The Morgan fingerprint density at radius 1 is 0.829 bits per heavy atom. The molecule has 5 heterocycles. The Balaban J connectivity index is 1.24. The van der Waals surface area contributed by atoms with Crippen molar-refractivity contribution < 1.29 is 43.3 Å². The number of carboxylic acids is 1. The molecule has 1 unspecified atom stereocenters. The summed E-state index contributed by atoms with van der Waals surface area (Å²) in [6, 6.07) is 9.86. The van der Waals surface area contributed by atoms with Crippen LogP contribution in [0.25, 0.3) is 44.5 Å². The Kier molecular flexibility index (Phi) is 14.5. The highest BCUT2D eigenvalue weighted by atomic mass is 16.5. The number of aryl methyl sites for hydroxylation is 4. The first-order valence-electron chi connectivity index (χ1n) is 22.7. The van der Waals surface area contributed by atoms with Crippen LogP contribution in [-0.2, 0) is 35.7 Å². The van der Waals surface area contributed by atoms with Gasteiger partial charge in [-0.1, -0.05) is 32.9 Å². The Morgan fingerprint density at radius 2 is 1.49 bits per heavy atom. The van der Waals surface area contributed by atoms with Crippen LogP contribution in [0.2, 0.25) is 0 Å². The number of fused-ring (bicyclic) bond motifs is 4. The molecule has 22 heteroatoms. The number of aromatic nitrogens is 9. The largest absolute Gasteiger partial charge is 0.494 e. The van der Waals surface area contributed by atoms with E-state index in [2.05, 4.69) is 20.8 Å². The summed E-state index contributed by atoms with van der Waals surface area (Å²) in [7, 11) is 1.46. The molecule has 0 aliphatic carbocycles. The van der Waals surface area contributed by atoms with Crippen molar-refractivity contribution in [2.75, 3.05) is 32.2 Å². The lowest BCUT2D eigenvalue weighted by molar-refractivity contribution is -0.147. The van der Waals surface area contributed by atoms with Crippen LogP contribution < -0.4 is 31.6 Å². The molecule has 7 aromatic rings. The number of amides is 4. The molecular formula is C48H57N13O9. The summed E-state index contributed by atoms with van der Waals surface area (Å²) in [5.74, 6) is -2.55. The summed E-state index contributed by atoms with van der Waals surface area (Å²) >= 11 is 0. The predicted octanol–water partition coefficient (Wildman–Crippen LogP) is 5.61. The van der Waals surface area contributed by atoms with Crippen LogP contribution in [-0.4, -0.2) is 105 Å². The summed E-state index contributed by atoms with van der Waals surface area (Å²) in [5.41, 5.74) is 15.7. The quantitative estimate of drug-likeness (QED) is 0.0459. The number of nitrogens with two attached hydrogens (primary N) is 2. The molecule has 0 radical (unpaired) electrons. The van der Waals surface area contributed by atoms with Crippen LogP contribution in [0, 0.1) is 25.2 Å². The number of imidazole rings is 1. The van der Waals surface area contributed by atoms with E-state index in [-0.39, 0.29) is 49.9 Å². The van der Waals surface area contributed by atoms with Crippen molar-refractivity contribution in [3.63, 3.8) is 0 Å². The minimum Gasteiger partial charge on any atom is -0.494 e. The standard InChI is InChI=1S/C48H57N13O9/c1-9-60-34(18-26(3)56-60)42-52-24-31-30-20-28(40(49)62)23-37(69-17-13-14-51-47(67)70-25-32(45(65)66)48(5,6)7)38(30)58(43(31)54-42)15-11-12-16-59-39-33(21-29(41(50)63)22-36(39)68-8)53-46(59)55-44(64)35-19-27(4)57-61(35)10-2/h11-12,18-24,32H,9-10,13-17,25H2,1-8H3,(H2,49,62)(H2,50,63)(H,51,67)(H,65,66)(H,53,55,64)/b12-11+. The SMILES string of the molecule is CCn1nc(C)cc1C(=O)Nc1nc2cc(C(N)=O)cc(OC)c2n1C/C=C/Cn1c2nc(-c3cc(C)nn3CC)ncc2c2cc(C(N)=O)cc(OCCCNC(=O)OCC(C(=O)O)C(C)(C)C)c21. The number of nitrogens with one attached hydrogen (secondary N) is 2. The van der Waals surface area contributed by atoms with Crippen molar-refractivity contribution in [3.05, 3.63) is 83.0 Å². The third-order valence-corrected chi connectivity index (χ3v) is 11.7. The number of anilines is 1. The fraction of sp³-hybridized carbons (Fsp3) is 0.375. The maximum atomic E-state index is 13.8. The molecule has 0 aliphatic heterocycles. The van der Waals surface area contributed by atoms with Gasteiger partial charge in [-0.2, -0.15) is 10.2 Å². The van der Waals surface area contributed by atoms with E-state index in [1.54, 1.807) is 61.3 Å². The number of benzene rings is 2. The van der Waals surface area contributed by atoms with Gasteiger partial charge >= 0.3 is 12.1 Å². The second-order valence-electron chi connectivity index (χ2n) is 17.6. The van der Waals surface area contributed by atoms with E-state index in [1.807, 2.05) is 48.2 Å². The number of carbonyl (C=O) groups excluding carboxylic acids is 4. The van der Waals surface area contributed by atoms with Gasteiger partial charge in [0.25, 0.3) is 5.91 Å². The number of rotatable bonds is 20. The number of ether oxygens (including phenoxy) is 3. The Hall–Kier alpha value is -8.30. The van der Waals surface area contributed by atoms with Gasteiger partial charge in [0.05, 0.1) is 42.1 Å². The molecule has 0 aliphatic rings. The highest BCUT2D eigenvalue weighted by Gasteiger charge is 2.32. The van der Waals surface area contributed by atoms with Gasteiger partial charge in [0.15, 0.2) is 5.82 Å². The van der Waals surface area contributed by atoms with E-state index in [4.69, 9.17) is 40.6 Å². The number of hydrogen-bond acceptors (Lipinski definition) is 13. The third kappa shape index (κ3) is 10.4. The van der Waals surface area contributed by atoms with Gasteiger partial charge in [0.1, 0.15) is 40.7 Å². The van der Waals surface area contributed by atoms with E-state index >= 15 is 0 Å². The Labute approximate surface area is 402 Å². The van der Waals surface area contributed by atoms with Crippen LogP contribution in [0.5, 0.6) is 11.5 Å². The molecule has 22 nitrogen and oxygen atoms in total. The number of methoxy groups -OCH3 is 1. The van der Waals surface area contributed by atoms with Gasteiger partial charge in [-0.15, -0.1) is 0 Å². The molecule has 5 aromatic heterocycles. The highest BCUT2D eigenvalue weighted by Crippen LogP contribution is 2.37. The molecule has 0 saturated carbocycles. The molecule has 7 N–H and O–H groups in total. The number of hydrogen-bond donors (Lipinski definition) is 5. The maximum absolute atomic E-state index is 13.8. The lowest BCUT2D eigenvalue weighted by Gasteiger charge is -2.26. The summed E-state index contributed by atoms with van der Waals surface area (Å²) in [5, 5.41) is 25.4. The van der Waals surface area contributed by atoms with E-state index in [0.717, 1.165) is 5.69 Å². The number of alkyl carbamates (subject to hydrolysis) is 1. The number of carbonyl (C=O) groups is 5. The van der Waals surface area contributed by atoms with Gasteiger partial charge in [-0.3, -0.25) is 33.9 Å². The van der Waals surface area contributed by atoms with Crippen LogP contribution >= 0.6 is 0 Å². The number of primary amides is 2. The van der Waals surface area contributed by atoms with E-state index in [9.17, 15) is 29.1 Å². The normalized spacial score (nSPS) is 12.2. The van der Waals surface area contributed by atoms with Crippen molar-refractivity contribution in [1.82, 2.24) is 49.0 Å². The molecule has 368 valence electrons. The molecule has 7 rings (SSSR count). The fourth-order valence-electron chi connectivity index (χ4n) is 8.13. The second kappa shape index (κ2) is 20.5. The van der Waals surface area contributed by atoms with Crippen LogP contribution in [0.15, 0.2) is 54.7 Å². The first-order valence-corrected chi connectivity index (χ1v) is 22.7. The van der Waals surface area contributed by atoms with Gasteiger partial charge < -0.3 is 45.2 Å². The molecular weight excluding hydrogens is 903 g/mol. The number of aliphatic carboxylic acids is 1. The average Bonchev–Trinajstić information content (AvgIpc) is 4.07. The lowest BCUT2D eigenvalue weighted by atomic mass is 9.81. The van der Waals surface area contributed by atoms with Gasteiger partial charge in [-0.05, 0) is 75.9 Å². The highest BCUT2D eigenvalue weighted by molar-refractivity contribution is 6.12. The zero-order valence-corrected chi connectivity index (χ0v) is 40.3. The molecule has 0 fully saturated rings. The Morgan fingerprint density at radius 3 is 2.14 bits per heavy atom. The van der Waals surface area contributed by atoms with Crippen LogP contribution in [0.4, 0.5) is 10.7 Å². The van der Waals surface area contributed by atoms with Gasteiger partial charge in [0.2, 0.25) is 17.8 Å². The topological polar surface area (TPSA) is 294 Å². The maximum Gasteiger partial charge on any atom is 0.407 e. The van der Waals surface area contributed by atoms with E-state index in [0.29, 0.717) is 86.9 Å².